The van der Waals surface area contributed by atoms with Gasteiger partial charge < -0.3 is 0 Å². The van der Waals surface area contributed by atoms with E-state index in [-0.39, 0.29) is 17.2 Å². The van der Waals surface area contributed by atoms with E-state index in [4.69, 9.17) is 12.2 Å². The van der Waals surface area contributed by atoms with Gasteiger partial charge in [-0.25, -0.2) is 9.67 Å². The van der Waals surface area contributed by atoms with Crippen LogP contribution in [0.15, 0.2) is 55.1 Å². The predicted octanol–water partition coefficient (Wildman–Crippen LogP) is 1.08. The Hall–Kier alpha value is -3.13. The second-order valence-electron chi connectivity index (χ2n) is 4.95. The topological polar surface area (TPSA) is 80.1 Å². The van der Waals surface area contributed by atoms with Crippen molar-refractivity contribution in [3.05, 3.63) is 60.7 Å². The van der Waals surface area contributed by atoms with Crippen LogP contribution < -0.4 is 5.32 Å². The van der Waals surface area contributed by atoms with Gasteiger partial charge in [-0.3, -0.25) is 19.8 Å². The van der Waals surface area contributed by atoms with Crippen LogP contribution in [0.4, 0.5) is 0 Å². The van der Waals surface area contributed by atoms with E-state index in [9.17, 15) is 9.59 Å². The number of nitrogens with one attached hydrogen (secondary N) is 1. The smallest absolute Gasteiger partial charge is 0.265 e. The second-order valence-corrected chi connectivity index (χ2v) is 5.34. The van der Waals surface area contributed by atoms with Crippen molar-refractivity contribution in [2.45, 2.75) is 0 Å². The Morgan fingerprint density at radius 3 is 2.62 bits per heavy atom. The molecule has 0 bridgehead atoms. The Bertz CT molecular complexity index is 840. The molecule has 1 saturated heterocycles. The summed E-state index contributed by atoms with van der Waals surface area (Å²) in [4.78, 5) is 29.7. The summed E-state index contributed by atoms with van der Waals surface area (Å²) < 4.78 is 1.61. The summed E-state index contributed by atoms with van der Waals surface area (Å²) >= 11 is 5.01. The lowest BCUT2D eigenvalue weighted by Crippen LogP contribution is -2.53. The Balaban J connectivity index is 1.89. The third kappa shape index (κ3) is 2.99. The van der Waals surface area contributed by atoms with Gasteiger partial charge in [0.05, 0.1) is 5.69 Å². The summed E-state index contributed by atoms with van der Waals surface area (Å²) in [6.45, 7) is 3.82. The molecule has 2 heterocycles. The lowest BCUT2D eigenvalue weighted by Gasteiger charge is -2.27. The standard InChI is InChI=1S/C16H13N5O2S/c1-2-7-20-15(23)13(14(22)19-16(20)24)8-11-3-5-12(6-4-11)21-10-17-9-18-21/h2-6,8-10H,1,7H2,(H,19,22,24)/b13-8-. The molecular formula is C16H13N5O2S. The summed E-state index contributed by atoms with van der Waals surface area (Å²) in [6, 6.07) is 7.21. The van der Waals surface area contributed by atoms with Crippen LogP contribution in [0.5, 0.6) is 0 Å². The van der Waals surface area contributed by atoms with Crippen LogP contribution in [-0.2, 0) is 9.59 Å². The SMILES string of the molecule is C=CCN1C(=O)/C(=C\c2ccc(-n3cncn3)cc2)C(=O)NC1=S. The Labute approximate surface area is 143 Å². The Morgan fingerprint density at radius 2 is 2.00 bits per heavy atom. The average Bonchev–Trinajstić information content (AvgIpc) is 3.10. The molecule has 120 valence electrons. The number of hydrogen-bond acceptors (Lipinski definition) is 5. The maximum absolute atomic E-state index is 12.4. The predicted molar refractivity (Wildman–Crippen MR) is 92.0 cm³/mol. The summed E-state index contributed by atoms with van der Waals surface area (Å²) in [5, 5.41) is 6.63. The maximum Gasteiger partial charge on any atom is 0.265 e. The Morgan fingerprint density at radius 1 is 1.25 bits per heavy atom. The molecule has 1 aromatic carbocycles. The van der Waals surface area contributed by atoms with Gasteiger partial charge in [0.15, 0.2) is 5.11 Å². The first-order chi connectivity index (χ1) is 11.6. The monoisotopic (exact) mass is 339 g/mol. The van der Waals surface area contributed by atoms with Gasteiger partial charge in [-0.15, -0.1) is 6.58 Å². The van der Waals surface area contributed by atoms with Gasteiger partial charge in [0.2, 0.25) is 0 Å². The highest BCUT2D eigenvalue weighted by molar-refractivity contribution is 7.80. The normalized spacial score (nSPS) is 16.4. The van der Waals surface area contributed by atoms with E-state index in [0.717, 1.165) is 5.69 Å². The fourth-order valence-electron chi connectivity index (χ4n) is 2.22. The zero-order valence-corrected chi connectivity index (χ0v) is 13.4. The molecule has 24 heavy (non-hydrogen) atoms. The average molecular weight is 339 g/mol. The van der Waals surface area contributed by atoms with Crippen molar-refractivity contribution in [1.29, 1.82) is 0 Å². The van der Waals surface area contributed by atoms with Crippen molar-refractivity contribution in [1.82, 2.24) is 25.0 Å². The van der Waals surface area contributed by atoms with Crippen LogP contribution >= 0.6 is 12.2 Å². The van der Waals surface area contributed by atoms with Crippen LogP contribution in [0.1, 0.15) is 5.56 Å². The van der Waals surface area contributed by atoms with Crippen molar-refractivity contribution < 1.29 is 9.59 Å². The molecule has 0 spiro atoms. The minimum atomic E-state index is -0.509. The number of rotatable bonds is 4. The minimum absolute atomic E-state index is 0.0268. The number of benzene rings is 1. The summed E-state index contributed by atoms with van der Waals surface area (Å²) in [6.07, 6.45) is 6.10. The first kappa shape index (κ1) is 15.8. The largest absolute Gasteiger partial charge is 0.298 e. The van der Waals surface area contributed by atoms with Crippen molar-refractivity contribution in [3.63, 3.8) is 0 Å². The van der Waals surface area contributed by atoms with E-state index in [1.165, 1.54) is 17.3 Å². The molecule has 1 aromatic heterocycles. The van der Waals surface area contributed by atoms with Crippen molar-refractivity contribution in [3.8, 4) is 5.69 Å². The first-order valence-electron chi connectivity index (χ1n) is 7.05. The molecule has 0 atom stereocenters. The molecule has 2 aromatic rings. The van der Waals surface area contributed by atoms with Gasteiger partial charge in [0.1, 0.15) is 18.2 Å². The van der Waals surface area contributed by atoms with Gasteiger partial charge in [0, 0.05) is 6.54 Å². The fourth-order valence-corrected chi connectivity index (χ4v) is 2.47. The number of amides is 2. The van der Waals surface area contributed by atoms with E-state index >= 15 is 0 Å². The van der Waals surface area contributed by atoms with Crippen LogP contribution in [-0.4, -0.2) is 43.1 Å². The van der Waals surface area contributed by atoms with Crippen molar-refractivity contribution in [2.24, 2.45) is 0 Å². The summed E-state index contributed by atoms with van der Waals surface area (Å²) in [5.74, 6) is -0.949. The van der Waals surface area contributed by atoms with Crippen molar-refractivity contribution in [2.75, 3.05) is 6.54 Å². The third-order valence-corrected chi connectivity index (χ3v) is 3.71. The fraction of sp³-hybridized carbons (Fsp3) is 0.0625. The number of hydrogen-bond donors (Lipinski definition) is 1. The molecule has 7 nitrogen and oxygen atoms in total. The van der Waals surface area contributed by atoms with E-state index in [2.05, 4.69) is 22.0 Å². The maximum atomic E-state index is 12.4. The van der Waals surface area contributed by atoms with Crippen molar-refractivity contribution >= 4 is 35.2 Å². The molecule has 0 aliphatic carbocycles. The van der Waals surface area contributed by atoms with Gasteiger partial charge in [0.25, 0.3) is 11.8 Å². The minimum Gasteiger partial charge on any atom is -0.298 e. The highest BCUT2D eigenvalue weighted by Gasteiger charge is 2.32. The molecule has 1 N–H and O–H groups in total. The lowest BCUT2D eigenvalue weighted by atomic mass is 10.1. The first-order valence-corrected chi connectivity index (χ1v) is 7.46. The molecule has 1 fully saturated rings. The molecule has 1 aliphatic rings. The molecule has 3 rings (SSSR count). The van der Waals surface area contributed by atoms with E-state index in [1.807, 2.05) is 12.1 Å². The molecule has 2 amide bonds. The summed E-state index contributed by atoms with van der Waals surface area (Å²) in [7, 11) is 0. The number of carbonyl (C=O) groups excluding carboxylic acids is 2. The van der Waals surface area contributed by atoms with E-state index in [0.29, 0.717) is 5.56 Å². The molecule has 0 unspecified atom stereocenters. The number of thiocarbonyl (C=S) groups is 1. The summed E-state index contributed by atoms with van der Waals surface area (Å²) in [5.41, 5.74) is 1.56. The number of nitrogens with zero attached hydrogens (tertiary/aromatic N) is 4. The third-order valence-electron chi connectivity index (χ3n) is 3.38. The molecular weight excluding hydrogens is 326 g/mol. The van der Waals surface area contributed by atoms with Crippen LogP contribution in [0.2, 0.25) is 0 Å². The second kappa shape index (κ2) is 6.55. The number of carbonyl (C=O) groups is 2. The van der Waals surface area contributed by atoms with Crippen LogP contribution in [0.3, 0.4) is 0 Å². The van der Waals surface area contributed by atoms with Gasteiger partial charge in [-0.1, -0.05) is 18.2 Å². The molecule has 8 heteroatoms. The van der Waals surface area contributed by atoms with Gasteiger partial charge in [-0.05, 0) is 36.0 Å². The van der Waals surface area contributed by atoms with E-state index < -0.39 is 11.8 Å². The highest BCUT2D eigenvalue weighted by Crippen LogP contribution is 2.16. The van der Waals surface area contributed by atoms with Gasteiger partial charge >= 0.3 is 0 Å². The molecule has 0 radical (unpaired) electrons. The van der Waals surface area contributed by atoms with Crippen LogP contribution in [0, 0.1) is 0 Å². The number of aromatic nitrogens is 3. The molecule has 0 saturated carbocycles. The Kier molecular flexibility index (Phi) is 4.30. The van der Waals surface area contributed by atoms with Crippen LogP contribution in [0.25, 0.3) is 11.8 Å². The lowest BCUT2D eigenvalue weighted by molar-refractivity contribution is -0.128. The molecule has 1 aliphatic heterocycles. The van der Waals surface area contributed by atoms with E-state index in [1.54, 1.807) is 29.2 Å². The van der Waals surface area contributed by atoms with Gasteiger partial charge in [-0.2, -0.15) is 5.10 Å². The highest BCUT2D eigenvalue weighted by atomic mass is 32.1. The zero-order valence-electron chi connectivity index (χ0n) is 12.5. The quantitative estimate of drug-likeness (QED) is 0.390. The zero-order chi connectivity index (χ0) is 17.1.